The topological polar surface area (TPSA) is 71.6 Å². The predicted octanol–water partition coefficient (Wildman–Crippen LogP) is 1.94. The van der Waals surface area contributed by atoms with Crippen molar-refractivity contribution in [2.45, 2.75) is 6.92 Å². The number of fused-ring (bicyclic) bond motifs is 1. The molecule has 1 aromatic carbocycles. The SMILES string of the molecule is Cc1oc2ncn(C)c(=O)c2c1C(=O)N1CCN(c2ccc(F)cc2)CC1. The largest absolute Gasteiger partial charge is 0.442 e. The monoisotopic (exact) mass is 370 g/mol. The van der Waals surface area contributed by atoms with E-state index < -0.39 is 0 Å². The minimum Gasteiger partial charge on any atom is -0.442 e. The van der Waals surface area contributed by atoms with Crippen LogP contribution in [0.25, 0.3) is 11.1 Å². The van der Waals surface area contributed by atoms with E-state index in [0.717, 1.165) is 5.69 Å². The number of piperazine rings is 1. The average Bonchev–Trinajstić information content (AvgIpc) is 3.02. The van der Waals surface area contributed by atoms with E-state index >= 15 is 0 Å². The van der Waals surface area contributed by atoms with Crippen LogP contribution in [0.2, 0.25) is 0 Å². The van der Waals surface area contributed by atoms with Crippen molar-refractivity contribution in [3.05, 3.63) is 58.1 Å². The van der Waals surface area contributed by atoms with Crippen molar-refractivity contribution in [3.63, 3.8) is 0 Å². The van der Waals surface area contributed by atoms with Crippen molar-refractivity contribution in [1.29, 1.82) is 0 Å². The Labute approximate surface area is 154 Å². The molecule has 1 aliphatic rings. The van der Waals surface area contributed by atoms with Gasteiger partial charge >= 0.3 is 0 Å². The molecule has 0 unspecified atom stereocenters. The van der Waals surface area contributed by atoms with Gasteiger partial charge in [0.05, 0.1) is 5.56 Å². The zero-order chi connectivity index (χ0) is 19.1. The first-order chi connectivity index (χ1) is 13.0. The van der Waals surface area contributed by atoms with E-state index in [1.54, 1.807) is 31.0 Å². The van der Waals surface area contributed by atoms with Gasteiger partial charge in [-0.15, -0.1) is 0 Å². The number of carbonyl (C=O) groups excluding carboxylic acids is 1. The number of aromatic nitrogens is 2. The average molecular weight is 370 g/mol. The van der Waals surface area contributed by atoms with Crippen LogP contribution in [-0.4, -0.2) is 46.5 Å². The maximum absolute atomic E-state index is 13.1. The van der Waals surface area contributed by atoms with Crippen LogP contribution in [0, 0.1) is 12.7 Å². The molecule has 27 heavy (non-hydrogen) atoms. The summed E-state index contributed by atoms with van der Waals surface area (Å²) < 4.78 is 20.0. The van der Waals surface area contributed by atoms with E-state index in [0.29, 0.717) is 31.9 Å². The van der Waals surface area contributed by atoms with Crippen LogP contribution >= 0.6 is 0 Å². The molecular weight excluding hydrogens is 351 g/mol. The van der Waals surface area contributed by atoms with Crippen LogP contribution in [0.1, 0.15) is 16.1 Å². The molecule has 140 valence electrons. The zero-order valence-electron chi connectivity index (χ0n) is 15.1. The van der Waals surface area contributed by atoms with Gasteiger partial charge in [0.25, 0.3) is 11.5 Å². The minimum absolute atomic E-state index is 0.184. The van der Waals surface area contributed by atoms with E-state index in [1.807, 2.05) is 0 Å². The van der Waals surface area contributed by atoms with Crippen molar-refractivity contribution in [3.8, 4) is 0 Å². The van der Waals surface area contributed by atoms with Gasteiger partial charge < -0.3 is 18.8 Å². The normalized spacial score (nSPS) is 14.8. The van der Waals surface area contributed by atoms with Crippen LogP contribution in [0.3, 0.4) is 0 Å². The molecule has 1 fully saturated rings. The van der Waals surface area contributed by atoms with Gasteiger partial charge in [-0.3, -0.25) is 9.59 Å². The van der Waals surface area contributed by atoms with E-state index in [4.69, 9.17) is 4.42 Å². The Hall–Kier alpha value is -3.16. The molecule has 1 aliphatic heterocycles. The molecule has 3 heterocycles. The highest BCUT2D eigenvalue weighted by molar-refractivity contribution is 6.06. The lowest BCUT2D eigenvalue weighted by Crippen LogP contribution is -2.49. The molecular formula is C19H19FN4O3. The third-order valence-corrected chi connectivity index (χ3v) is 4.92. The maximum Gasteiger partial charge on any atom is 0.265 e. The fourth-order valence-corrected chi connectivity index (χ4v) is 3.42. The molecule has 7 nitrogen and oxygen atoms in total. The number of amides is 1. The summed E-state index contributed by atoms with van der Waals surface area (Å²) in [7, 11) is 1.59. The summed E-state index contributed by atoms with van der Waals surface area (Å²) in [5, 5.41) is 0.225. The number of benzene rings is 1. The smallest absolute Gasteiger partial charge is 0.265 e. The lowest BCUT2D eigenvalue weighted by molar-refractivity contribution is 0.0746. The van der Waals surface area contributed by atoms with Gasteiger partial charge in [0.2, 0.25) is 5.71 Å². The summed E-state index contributed by atoms with van der Waals surface area (Å²) in [6.07, 6.45) is 1.38. The number of aryl methyl sites for hydroxylation is 2. The summed E-state index contributed by atoms with van der Waals surface area (Å²) >= 11 is 0. The first kappa shape index (κ1) is 17.3. The van der Waals surface area contributed by atoms with Crippen molar-refractivity contribution < 1.29 is 13.6 Å². The van der Waals surface area contributed by atoms with Gasteiger partial charge in [-0.2, -0.15) is 0 Å². The number of rotatable bonds is 2. The van der Waals surface area contributed by atoms with E-state index in [9.17, 15) is 14.0 Å². The molecule has 1 saturated heterocycles. The van der Waals surface area contributed by atoms with Crippen LogP contribution in [0.15, 0.2) is 39.8 Å². The lowest BCUT2D eigenvalue weighted by Gasteiger charge is -2.36. The highest BCUT2D eigenvalue weighted by Gasteiger charge is 2.28. The fraction of sp³-hybridized carbons (Fsp3) is 0.316. The van der Waals surface area contributed by atoms with Gasteiger partial charge in [0, 0.05) is 38.9 Å². The first-order valence-corrected chi connectivity index (χ1v) is 8.70. The molecule has 0 atom stereocenters. The summed E-state index contributed by atoms with van der Waals surface area (Å²) in [6.45, 7) is 3.93. The van der Waals surface area contributed by atoms with Gasteiger partial charge in [-0.1, -0.05) is 0 Å². The number of furan rings is 1. The number of anilines is 1. The molecule has 0 aliphatic carbocycles. The Morgan fingerprint density at radius 3 is 2.48 bits per heavy atom. The maximum atomic E-state index is 13.1. The highest BCUT2D eigenvalue weighted by atomic mass is 19.1. The number of carbonyl (C=O) groups is 1. The van der Waals surface area contributed by atoms with Crippen LogP contribution < -0.4 is 10.5 Å². The lowest BCUT2D eigenvalue weighted by atomic mass is 10.1. The third-order valence-electron chi connectivity index (χ3n) is 4.92. The Bertz CT molecular complexity index is 1060. The quantitative estimate of drug-likeness (QED) is 0.689. The number of nitrogens with zero attached hydrogens (tertiary/aromatic N) is 4. The molecule has 8 heteroatoms. The Morgan fingerprint density at radius 2 is 1.81 bits per heavy atom. The second-order valence-electron chi connectivity index (χ2n) is 6.63. The molecule has 0 spiro atoms. The summed E-state index contributed by atoms with van der Waals surface area (Å²) in [5.41, 5.74) is 1.09. The van der Waals surface area contributed by atoms with Crippen LogP contribution in [0.4, 0.5) is 10.1 Å². The summed E-state index contributed by atoms with van der Waals surface area (Å²) in [6, 6.07) is 6.32. The molecule has 4 rings (SSSR count). The predicted molar refractivity (Wildman–Crippen MR) is 98.5 cm³/mol. The van der Waals surface area contributed by atoms with E-state index in [1.165, 1.54) is 23.0 Å². The number of hydrogen-bond donors (Lipinski definition) is 0. The summed E-state index contributed by atoms with van der Waals surface area (Å²) in [4.78, 5) is 33.4. The van der Waals surface area contributed by atoms with Crippen molar-refractivity contribution in [2.24, 2.45) is 7.05 Å². The van der Waals surface area contributed by atoms with Crippen LogP contribution in [0.5, 0.6) is 0 Å². The third kappa shape index (κ3) is 2.97. The van der Waals surface area contributed by atoms with Gasteiger partial charge in [-0.05, 0) is 31.2 Å². The standard InChI is InChI=1S/C19H19FN4O3/c1-12-15(16-17(27-12)21-11-22(2)18(16)25)19(26)24-9-7-23(8-10-24)14-5-3-13(20)4-6-14/h3-6,11H,7-10H2,1-2H3. The molecule has 0 N–H and O–H groups in total. The molecule has 0 radical (unpaired) electrons. The number of hydrogen-bond acceptors (Lipinski definition) is 5. The second kappa shape index (κ2) is 6.53. The molecule has 2 aromatic heterocycles. The highest BCUT2D eigenvalue weighted by Crippen LogP contribution is 2.24. The Kier molecular flexibility index (Phi) is 4.18. The van der Waals surface area contributed by atoms with Gasteiger partial charge in [-0.25, -0.2) is 9.37 Å². The zero-order valence-corrected chi connectivity index (χ0v) is 15.1. The number of halogens is 1. The summed E-state index contributed by atoms with van der Waals surface area (Å²) in [5.74, 6) is -0.105. The minimum atomic E-state index is -0.301. The van der Waals surface area contributed by atoms with Gasteiger partial charge in [0.15, 0.2) is 0 Å². The molecule has 3 aromatic rings. The van der Waals surface area contributed by atoms with Crippen LogP contribution in [-0.2, 0) is 7.05 Å². The van der Waals surface area contributed by atoms with Crippen molar-refractivity contribution in [1.82, 2.24) is 14.5 Å². The van der Waals surface area contributed by atoms with E-state index in [2.05, 4.69) is 9.88 Å². The Balaban J connectivity index is 1.57. The van der Waals surface area contributed by atoms with Crippen molar-refractivity contribution in [2.75, 3.05) is 31.1 Å². The Morgan fingerprint density at radius 1 is 1.15 bits per heavy atom. The molecule has 1 amide bonds. The first-order valence-electron chi connectivity index (χ1n) is 8.70. The van der Waals surface area contributed by atoms with Gasteiger partial charge in [0.1, 0.15) is 23.3 Å². The van der Waals surface area contributed by atoms with E-state index in [-0.39, 0.29) is 33.9 Å². The van der Waals surface area contributed by atoms with Crippen molar-refractivity contribution >= 4 is 22.7 Å². The second-order valence-corrected chi connectivity index (χ2v) is 6.63. The molecule has 0 bridgehead atoms. The molecule has 0 saturated carbocycles. The fourth-order valence-electron chi connectivity index (χ4n) is 3.42.